The van der Waals surface area contributed by atoms with E-state index in [-0.39, 0.29) is 16.5 Å². The molecule has 0 unspecified atom stereocenters. The van der Waals surface area contributed by atoms with Crippen molar-refractivity contribution in [3.05, 3.63) is 58.9 Å². The van der Waals surface area contributed by atoms with Gasteiger partial charge >= 0.3 is 5.97 Å². The standard InChI is InChI=1S/C19H17ClFNO5/c1-11(23)13-3-6-15(7-4-13)26-10-18(24)27-12(2)19(25)22-17-8-5-14(20)9-16(17)21/h3-9,12H,10H2,1-2H3,(H,22,25)/t12-/m1/s1. The van der Waals surface area contributed by atoms with Gasteiger partial charge in [0.25, 0.3) is 5.91 Å². The Kier molecular flexibility index (Phi) is 6.90. The number of Topliss-reactive ketones (excluding diaryl/α,β-unsaturated/α-hetero) is 1. The summed E-state index contributed by atoms with van der Waals surface area (Å²) in [7, 11) is 0. The van der Waals surface area contributed by atoms with E-state index in [1.165, 1.54) is 26.0 Å². The minimum atomic E-state index is -1.16. The predicted molar refractivity (Wildman–Crippen MR) is 97.5 cm³/mol. The molecular weight excluding hydrogens is 377 g/mol. The lowest BCUT2D eigenvalue weighted by molar-refractivity contribution is -0.155. The Morgan fingerprint density at radius 1 is 1.15 bits per heavy atom. The number of anilines is 1. The van der Waals surface area contributed by atoms with E-state index in [4.69, 9.17) is 21.1 Å². The topological polar surface area (TPSA) is 81.7 Å². The van der Waals surface area contributed by atoms with Crippen LogP contribution in [0.15, 0.2) is 42.5 Å². The number of carbonyl (C=O) groups is 3. The van der Waals surface area contributed by atoms with Gasteiger partial charge in [-0.3, -0.25) is 9.59 Å². The van der Waals surface area contributed by atoms with Gasteiger partial charge in [-0.1, -0.05) is 11.6 Å². The van der Waals surface area contributed by atoms with E-state index in [2.05, 4.69) is 5.32 Å². The molecule has 142 valence electrons. The number of rotatable bonds is 7. The first-order chi connectivity index (χ1) is 12.8. The van der Waals surface area contributed by atoms with Crippen LogP contribution in [-0.2, 0) is 14.3 Å². The van der Waals surface area contributed by atoms with Gasteiger partial charge < -0.3 is 14.8 Å². The maximum Gasteiger partial charge on any atom is 0.344 e. The van der Waals surface area contributed by atoms with Crippen LogP contribution in [0.2, 0.25) is 5.02 Å². The fourth-order valence-electron chi connectivity index (χ4n) is 2.04. The molecule has 2 aromatic carbocycles. The van der Waals surface area contributed by atoms with Crippen molar-refractivity contribution in [3.8, 4) is 5.75 Å². The monoisotopic (exact) mass is 393 g/mol. The zero-order valence-electron chi connectivity index (χ0n) is 14.6. The van der Waals surface area contributed by atoms with E-state index >= 15 is 0 Å². The number of hydrogen-bond acceptors (Lipinski definition) is 5. The maximum atomic E-state index is 13.7. The van der Waals surface area contributed by atoms with E-state index in [0.717, 1.165) is 6.07 Å². The Hall–Kier alpha value is -2.93. The van der Waals surface area contributed by atoms with Gasteiger partial charge in [0.05, 0.1) is 5.69 Å². The molecule has 2 rings (SSSR count). The fraction of sp³-hybridized carbons (Fsp3) is 0.211. The van der Waals surface area contributed by atoms with Crippen molar-refractivity contribution >= 4 is 34.9 Å². The van der Waals surface area contributed by atoms with Crippen LogP contribution < -0.4 is 10.1 Å². The zero-order valence-corrected chi connectivity index (χ0v) is 15.4. The highest BCUT2D eigenvalue weighted by Crippen LogP contribution is 2.19. The summed E-state index contributed by atoms with van der Waals surface area (Å²) in [5.41, 5.74) is 0.443. The molecule has 1 N–H and O–H groups in total. The average Bonchev–Trinajstić information content (AvgIpc) is 2.62. The second kappa shape index (κ2) is 9.14. The number of ketones is 1. The van der Waals surface area contributed by atoms with Crippen molar-refractivity contribution in [1.82, 2.24) is 0 Å². The summed E-state index contributed by atoms with van der Waals surface area (Å²) in [5.74, 6) is -1.89. The summed E-state index contributed by atoms with van der Waals surface area (Å²) in [6.45, 7) is 2.37. The van der Waals surface area contributed by atoms with E-state index in [0.29, 0.717) is 11.3 Å². The van der Waals surface area contributed by atoms with Crippen LogP contribution in [0.1, 0.15) is 24.2 Å². The van der Waals surface area contributed by atoms with Crippen LogP contribution in [0.5, 0.6) is 5.75 Å². The average molecular weight is 394 g/mol. The molecule has 0 saturated heterocycles. The molecule has 0 fully saturated rings. The Morgan fingerprint density at radius 3 is 2.41 bits per heavy atom. The predicted octanol–water partition coefficient (Wildman–Crippen LogP) is 3.63. The first-order valence-electron chi connectivity index (χ1n) is 7.95. The van der Waals surface area contributed by atoms with Crippen LogP contribution in [0.4, 0.5) is 10.1 Å². The number of carbonyl (C=O) groups excluding carboxylic acids is 3. The number of halogens is 2. The Morgan fingerprint density at radius 2 is 1.81 bits per heavy atom. The van der Waals surface area contributed by atoms with E-state index in [9.17, 15) is 18.8 Å². The number of nitrogens with one attached hydrogen (secondary N) is 1. The quantitative estimate of drug-likeness (QED) is 0.573. The number of benzene rings is 2. The lowest BCUT2D eigenvalue weighted by Gasteiger charge is -2.14. The Balaban J connectivity index is 1.83. The van der Waals surface area contributed by atoms with Gasteiger partial charge in [0.1, 0.15) is 11.6 Å². The fourth-order valence-corrected chi connectivity index (χ4v) is 2.20. The van der Waals surface area contributed by atoms with Gasteiger partial charge in [-0.25, -0.2) is 9.18 Å². The molecule has 0 aliphatic carbocycles. The highest BCUT2D eigenvalue weighted by atomic mass is 35.5. The van der Waals surface area contributed by atoms with Crippen molar-refractivity contribution in [2.45, 2.75) is 20.0 Å². The minimum Gasteiger partial charge on any atom is -0.482 e. The highest BCUT2D eigenvalue weighted by Gasteiger charge is 2.19. The molecule has 0 aromatic heterocycles. The molecular formula is C19H17ClFNO5. The van der Waals surface area contributed by atoms with Crippen molar-refractivity contribution in [2.24, 2.45) is 0 Å². The SMILES string of the molecule is CC(=O)c1ccc(OCC(=O)O[C@H](C)C(=O)Nc2ccc(Cl)cc2F)cc1. The van der Waals surface area contributed by atoms with Gasteiger partial charge in [0.2, 0.25) is 0 Å². The molecule has 1 amide bonds. The van der Waals surface area contributed by atoms with Gasteiger partial charge in [0.15, 0.2) is 18.5 Å². The summed E-state index contributed by atoms with van der Waals surface area (Å²) >= 11 is 5.64. The van der Waals surface area contributed by atoms with Crippen LogP contribution in [0.3, 0.4) is 0 Å². The summed E-state index contributed by atoms with van der Waals surface area (Å²) in [6, 6.07) is 10.0. The van der Waals surface area contributed by atoms with Crippen LogP contribution in [0, 0.1) is 5.82 Å². The van der Waals surface area contributed by atoms with Crippen molar-refractivity contribution < 1.29 is 28.2 Å². The molecule has 0 aliphatic heterocycles. The number of esters is 1. The number of hydrogen-bond donors (Lipinski definition) is 1. The van der Waals surface area contributed by atoms with E-state index in [1.807, 2.05) is 0 Å². The van der Waals surface area contributed by atoms with Gasteiger partial charge in [0, 0.05) is 10.6 Å². The first-order valence-corrected chi connectivity index (χ1v) is 8.33. The number of amides is 1. The van der Waals surface area contributed by atoms with Gasteiger partial charge in [-0.05, 0) is 56.3 Å². The normalized spacial score (nSPS) is 11.4. The third-order valence-electron chi connectivity index (χ3n) is 3.48. The molecule has 0 heterocycles. The van der Waals surface area contributed by atoms with Crippen molar-refractivity contribution in [1.29, 1.82) is 0 Å². The van der Waals surface area contributed by atoms with Gasteiger partial charge in [-0.2, -0.15) is 0 Å². The van der Waals surface area contributed by atoms with Crippen molar-refractivity contribution in [3.63, 3.8) is 0 Å². The molecule has 2 aromatic rings. The van der Waals surface area contributed by atoms with Crippen molar-refractivity contribution in [2.75, 3.05) is 11.9 Å². The summed E-state index contributed by atoms with van der Waals surface area (Å²) in [5, 5.41) is 2.50. The molecule has 1 atom stereocenters. The zero-order chi connectivity index (χ0) is 20.0. The lowest BCUT2D eigenvalue weighted by atomic mass is 10.1. The second-order valence-corrected chi connectivity index (χ2v) is 6.05. The molecule has 0 spiro atoms. The number of ether oxygens (including phenoxy) is 2. The Labute approximate surface area is 160 Å². The van der Waals surface area contributed by atoms with Gasteiger partial charge in [-0.15, -0.1) is 0 Å². The lowest BCUT2D eigenvalue weighted by Crippen LogP contribution is -2.32. The summed E-state index contributed by atoms with van der Waals surface area (Å²) in [6.07, 6.45) is -1.16. The molecule has 0 saturated carbocycles. The van der Waals surface area contributed by atoms with Crippen LogP contribution in [0.25, 0.3) is 0 Å². The third-order valence-corrected chi connectivity index (χ3v) is 3.72. The van der Waals surface area contributed by atoms with Crippen LogP contribution in [-0.4, -0.2) is 30.4 Å². The summed E-state index contributed by atoms with van der Waals surface area (Å²) < 4.78 is 23.9. The molecule has 0 radical (unpaired) electrons. The smallest absolute Gasteiger partial charge is 0.344 e. The van der Waals surface area contributed by atoms with E-state index < -0.39 is 30.4 Å². The molecule has 0 aliphatic rings. The Bertz CT molecular complexity index is 854. The molecule has 0 bridgehead atoms. The molecule has 6 nitrogen and oxygen atoms in total. The van der Waals surface area contributed by atoms with Crippen LogP contribution >= 0.6 is 11.6 Å². The molecule has 27 heavy (non-hydrogen) atoms. The molecule has 8 heteroatoms. The second-order valence-electron chi connectivity index (χ2n) is 5.61. The summed E-state index contributed by atoms with van der Waals surface area (Å²) in [4.78, 5) is 35.0. The minimum absolute atomic E-state index is 0.0749. The maximum absolute atomic E-state index is 13.7. The largest absolute Gasteiger partial charge is 0.482 e. The third kappa shape index (κ3) is 6.07. The van der Waals surface area contributed by atoms with E-state index in [1.54, 1.807) is 24.3 Å². The first kappa shape index (κ1) is 20.4. The highest BCUT2D eigenvalue weighted by molar-refractivity contribution is 6.30.